The number of halogens is 1. The Morgan fingerprint density at radius 2 is 1.76 bits per heavy atom. The summed E-state index contributed by atoms with van der Waals surface area (Å²) in [5.41, 5.74) is 3.22. The second-order valence-electron chi connectivity index (χ2n) is 8.80. The van der Waals surface area contributed by atoms with Gasteiger partial charge in [0.05, 0.1) is 16.3 Å². The molecule has 2 aromatic carbocycles. The van der Waals surface area contributed by atoms with Crippen LogP contribution in [0.15, 0.2) is 64.8 Å². The first-order valence-electron chi connectivity index (χ1n) is 10.5. The van der Waals surface area contributed by atoms with Crippen LogP contribution in [-0.4, -0.2) is 14.3 Å². The SMILES string of the molecule is Cc1c(Nc2scc(-c3cccc([N+](=O)[O-])c3)[n+]2C(C)(C)C)c(=O)n(-c2ccccc2)n1C.[Br-]. The molecule has 0 spiro atoms. The molecule has 2 aromatic heterocycles. The molecule has 0 aliphatic rings. The summed E-state index contributed by atoms with van der Waals surface area (Å²) in [4.78, 5) is 24.3. The summed E-state index contributed by atoms with van der Waals surface area (Å²) < 4.78 is 5.54. The Morgan fingerprint density at radius 1 is 1.09 bits per heavy atom. The average molecular weight is 544 g/mol. The highest BCUT2D eigenvalue weighted by Gasteiger charge is 2.32. The third kappa shape index (κ3) is 4.55. The number of thiazole rings is 1. The van der Waals surface area contributed by atoms with Crippen molar-refractivity contribution in [3.05, 3.63) is 86.1 Å². The van der Waals surface area contributed by atoms with E-state index in [0.717, 1.165) is 27.8 Å². The van der Waals surface area contributed by atoms with Crippen molar-refractivity contribution in [3.63, 3.8) is 0 Å². The lowest BCUT2D eigenvalue weighted by molar-refractivity contribution is -0.727. The molecule has 178 valence electrons. The molecule has 0 unspecified atom stereocenters. The van der Waals surface area contributed by atoms with Gasteiger partial charge in [-0.3, -0.25) is 19.6 Å². The number of anilines is 2. The van der Waals surface area contributed by atoms with Crippen molar-refractivity contribution < 1.29 is 26.5 Å². The predicted molar refractivity (Wildman–Crippen MR) is 131 cm³/mol. The Hall–Kier alpha value is -3.24. The fourth-order valence-electron chi connectivity index (χ4n) is 3.87. The minimum Gasteiger partial charge on any atom is -1.00 e. The van der Waals surface area contributed by atoms with E-state index >= 15 is 0 Å². The molecule has 1 N–H and O–H groups in total. The fraction of sp³-hybridized carbons (Fsp3) is 0.250. The number of nitrogens with one attached hydrogen (secondary N) is 1. The summed E-state index contributed by atoms with van der Waals surface area (Å²) >= 11 is 1.46. The van der Waals surface area contributed by atoms with Crippen LogP contribution < -0.4 is 32.4 Å². The molecule has 0 amide bonds. The second kappa shape index (κ2) is 9.55. The van der Waals surface area contributed by atoms with Crippen molar-refractivity contribution in [3.8, 4) is 16.9 Å². The summed E-state index contributed by atoms with van der Waals surface area (Å²) in [7, 11) is 1.86. The molecule has 2 heterocycles. The molecule has 0 aliphatic carbocycles. The van der Waals surface area contributed by atoms with Gasteiger partial charge in [-0.15, -0.1) is 0 Å². The zero-order chi connectivity index (χ0) is 23.9. The molecule has 0 fully saturated rings. The van der Waals surface area contributed by atoms with E-state index < -0.39 is 4.92 Å². The maximum atomic E-state index is 13.4. The monoisotopic (exact) mass is 543 g/mol. The highest BCUT2D eigenvalue weighted by atomic mass is 79.9. The third-order valence-corrected chi connectivity index (χ3v) is 6.38. The number of non-ortho nitro benzene ring substituents is 1. The van der Waals surface area contributed by atoms with Crippen LogP contribution in [0.4, 0.5) is 16.5 Å². The summed E-state index contributed by atoms with van der Waals surface area (Å²) in [6.45, 7) is 8.09. The maximum absolute atomic E-state index is 13.4. The molecule has 0 aliphatic heterocycles. The topological polar surface area (TPSA) is 86.0 Å². The number of nitro benzene ring substituents is 1. The van der Waals surface area contributed by atoms with Crippen LogP contribution in [-0.2, 0) is 12.6 Å². The number of hydrogen-bond donors (Lipinski definition) is 1. The van der Waals surface area contributed by atoms with Gasteiger partial charge in [0.15, 0.2) is 0 Å². The van der Waals surface area contributed by atoms with Gasteiger partial charge >= 0.3 is 10.7 Å². The molecule has 10 heteroatoms. The molecular weight excluding hydrogens is 518 g/mol. The highest BCUT2D eigenvalue weighted by Crippen LogP contribution is 2.31. The lowest BCUT2D eigenvalue weighted by Crippen LogP contribution is -3.00. The van der Waals surface area contributed by atoms with Gasteiger partial charge in [0, 0.05) is 30.1 Å². The van der Waals surface area contributed by atoms with Crippen LogP contribution in [0.25, 0.3) is 16.9 Å². The average Bonchev–Trinajstić information content (AvgIpc) is 3.30. The Balaban J connectivity index is 0.00000324. The van der Waals surface area contributed by atoms with E-state index in [9.17, 15) is 14.9 Å². The van der Waals surface area contributed by atoms with Crippen molar-refractivity contribution in [1.29, 1.82) is 0 Å². The molecule has 0 bridgehead atoms. The number of nitrogens with zero attached hydrogens (tertiary/aromatic N) is 4. The van der Waals surface area contributed by atoms with Gasteiger partial charge in [-0.1, -0.05) is 41.7 Å². The summed E-state index contributed by atoms with van der Waals surface area (Å²) in [6.07, 6.45) is 0. The van der Waals surface area contributed by atoms with Gasteiger partial charge in [-0.25, -0.2) is 14.6 Å². The number of rotatable bonds is 5. The molecule has 0 radical (unpaired) electrons. The molecule has 0 atom stereocenters. The minimum absolute atomic E-state index is 0. The zero-order valence-corrected chi connectivity index (χ0v) is 22.0. The predicted octanol–water partition coefficient (Wildman–Crippen LogP) is 1.91. The quantitative estimate of drug-likeness (QED) is 0.236. The Bertz CT molecular complexity index is 1400. The lowest BCUT2D eigenvalue weighted by atomic mass is 10.1. The fourth-order valence-corrected chi connectivity index (χ4v) is 4.98. The van der Waals surface area contributed by atoms with Crippen LogP contribution in [0.1, 0.15) is 26.5 Å². The van der Waals surface area contributed by atoms with Gasteiger partial charge in [0.2, 0.25) is 5.69 Å². The normalized spacial score (nSPS) is 11.2. The third-order valence-electron chi connectivity index (χ3n) is 5.54. The molecule has 0 saturated carbocycles. The lowest BCUT2D eigenvalue weighted by Gasteiger charge is -2.19. The van der Waals surface area contributed by atoms with E-state index in [0.29, 0.717) is 5.69 Å². The second-order valence-corrected chi connectivity index (χ2v) is 9.66. The number of nitro groups is 1. The minimum atomic E-state index is -0.393. The largest absolute Gasteiger partial charge is 1.00 e. The molecule has 4 rings (SSSR count). The number of aromatic nitrogens is 3. The summed E-state index contributed by atoms with van der Waals surface area (Å²) in [5, 5.41) is 17.4. The van der Waals surface area contributed by atoms with Crippen molar-refractivity contribution in [2.24, 2.45) is 7.05 Å². The summed E-state index contributed by atoms with van der Waals surface area (Å²) in [6, 6.07) is 16.1. The first kappa shape index (κ1) is 25.4. The molecular formula is C24H26BrN5O3S. The van der Waals surface area contributed by atoms with Crippen molar-refractivity contribution in [2.45, 2.75) is 33.2 Å². The maximum Gasteiger partial charge on any atom is 0.340 e. The van der Waals surface area contributed by atoms with Crippen molar-refractivity contribution in [2.75, 3.05) is 5.32 Å². The van der Waals surface area contributed by atoms with Crippen LogP contribution in [0.2, 0.25) is 0 Å². The van der Waals surface area contributed by atoms with Crippen LogP contribution >= 0.6 is 11.3 Å². The van der Waals surface area contributed by atoms with Gasteiger partial charge < -0.3 is 17.0 Å². The van der Waals surface area contributed by atoms with Crippen LogP contribution in [0.3, 0.4) is 0 Å². The standard InChI is InChI=1S/C24H25N5O3S.BrH/c1-16-21(22(30)28(26(16)5)18-11-7-6-8-12-18)25-23-27(24(2,3)4)20(15-33-23)17-10-9-13-19(14-17)29(31)32;/h6-15H,1-5H3;1H. The number of benzene rings is 2. The highest BCUT2D eigenvalue weighted by molar-refractivity contribution is 7.13. The van der Waals surface area contributed by atoms with Gasteiger partial charge in [0.25, 0.3) is 5.69 Å². The molecule has 0 saturated heterocycles. The van der Waals surface area contributed by atoms with E-state index in [4.69, 9.17) is 0 Å². The number of para-hydroxylation sites is 1. The van der Waals surface area contributed by atoms with Crippen molar-refractivity contribution >= 4 is 27.8 Å². The Morgan fingerprint density at radius 3 is 2.38 bits per heavy atom. The molecule has 34 heavy (non-hydrogen) atoms. The van der Waals surface area contributed by atoms with Crippen LogP contribution in [0.5, 0.6) is 0 Å². The number of hydrogen-bond acceptors (Lipinski definition) is 5. The zero-order valence-electron chi connectivity index (χ0n) is 19.6. The van der Waals surface area contributed by atoms with E-state index in [1.165, 1.54) is 17.4 Å². The molecule has 8 nitrogen and oxygen atoms in total. The van der Waals surface area contributed by atoms with Gasteiger partial charge in [0.1, 0.15) is 11.2 Å². The van der Waals surface area contributed by atoms with Gasteiger partial charge in [-0.05, 0) is 39.8 Å². The first-order chi connectivity index (χ1) is 15.6. The smallest absolute Gasteiger partial charge is 0.340 e. The van der Waals surface area contributed by atoms with E-state index in [1.807, 2.05) is 60.4 Å². The van der Waals surface area contributed by atoms with Crippen molar-refractivity contribution in [1.82, 2.24) is 9.36 Å². The van der Waals surface area contributed by atoms with Crippen LogP contribution in [0, 0.1) is 17.0 Å². The van der Waals surface area contributed by atoms with E-state index in [2.05, 4.69) is 30.7 Å². The van der Waals surface area contributed by atoms with E-state index in [-0.39, 0.29) is 33.8 Å². The Kier molecular flexibility index (Phi) is 7.13. The van der Waals surface area contributed by atoms with Gasteiger partial charge in [-0.2, -0.15) is 0 Å². The Labute approximate surface area is 212 Å². The van der Waals surface area contributed by atoms with E-state index in [1.54, 1.807) is 16.8 Å². The first-order valence-corrected chi connectivity index (χ1v) is 11.4. The summed E-state index contributed by atoms with van der Waals surface area (Å²) in [5.74, 6) is 0. The molecule has 4 aromatic rings.